The molecule has 0 aliphatic carbocycles. The summed E-state index contributed by atoms with van der Waals surface area (Å²) in [5, 5.41) is 8.46. The molecule has 0 spiro atoms. The smallest absolute Gasteiger partial charge is 0.442 e. The van der Waals surface area contributed by atoms with Crippen molar-refractivity contribution in [1.29, 1.82) is 0 Å². The van der Waals surface area contributed by atoms with E-state index in [1.807, 2.05) is 0 Å². The van der Waals surface area contributed by atoms with Crippen LogP contribution in [0.1, 0.15) is 20.3 Å². The maximum atomic E-state index is 11.9. The average Bonchev–Trinajstić information content (AvgIpc) is 2.12. The number of carboxylic acids is 1. The molecule has 4 nitrogen and oxygen atoms in total. The molecule has 100 valence electrons. The molecule has 0 aliphatic heterocycles. The minimum atomic E-state index is -4.45. The van der Waals surface area contributed by atoms with Crippen LogP contribution in [0, 0.1) is 0 Å². The molecule has 8 heteroatoms. The Bertz CT molecular complexity index is 281. The molecule has 0 saturated heterocycles. The molecule has 0 saturated carbocycles. The van der Waals surface area contributed by atoms with Gasteiger partial charge in [-0.1, -0.05) is 0 Å². The van der Waals surface area contributed by atoms with Gasteiger partial charge in [0.2, 0.25) is 5.91 Å². The number of halogens is 3. The number of alkyl halides is 3. The Hall–Kier alpha value is -0.920. The number of hydrogen-bond acceptors (Lipinski definition) is 3. The molecule has 0 radical (unpaired) electrons. The summed E-state index contributed by atoms with van der Waals surface area (Å²) in [7, 11) is 0. The fraction of sp³-hybridized carbons (Fsp3) is 0.778. The van der Waals surface area contributed by atoms with E-state index in [1.54, 1.807) is 13.8 Å². The van der Waals surface area contributed by atoms with E-state index in [-0.39, 0.29) is 19.0 Å². The highest BCUT2D eigenvalue weighted by molar-refractivity contribution is 8.00. The normalized spacial score (nSPS) is 11.6. The zero-order valence-corrected chi connectivity index (χ0v) is 10.3. The van der Waals surface area contributed by atoms with E-state index in [1.165, 1.54) is 0 Å². The molecular weight excluding hydrogens is 259 g/mol. The monoisotopic (exact) mass is 273 g/mol. The molecule has 0 aromatic rings. The predicted molar refractivity (Wildman–Crippen MR) is 57.6 cm³/mol. The van der Waals surface area contributed by atoms with E-state index < -0.39 is 34.9 Å². The third-order valence-corrected chi connectivity index (χ3v) is 2.59. The summed E-state index contributed by atoms with van der Waals surface area (Å²) in [6.07, 6.45) is -0.277. The summed E-state index contributed by atoms with van der Waals surface area (Å²) in [6.45, 7) is 3.17. The first-order valence-corrected chi connectivity index (χ1v) is 5.84. The summed E-state index contributed by atoms with van der Waals surface area (Å²) in [5.41, 5.74) is -4.45. The van der Waals surface area contributed by atoms with Gasteiger partial charge in [0.05, 0.1) is 12.2 Å². The summed E-state index contributed by atoms with van der Waals surface area (Å²) < 4.78 is 35.7. The Balaban J connectivity index is 4.30. The first kappa shape index (κ1) is 16.1. The third-order valence-electron chi connectivity index (χ3n) is 1.87. The molecule has 1 amide bonds. The molecule has 0 aromatic carbocycles. The topological polar surface area (TPSA) is 57.6 Å². The van der Waals surface area contributed by atoms with Crippen molar-refractivity contribution in [2.75, 3.05) is 12.3 Å². The minimum Gasteiger partial charge on any atom is -0.481 e. The lowest BCUT2D eigenvalue weighted by Crippen LogP contribution is -2.40. The van der Waals surface area contributed by atoms with Gasteiger partial charge in [0.15, 0.2) is 0 Å². The fourth-order valence-electron chi connectivity index (χ4n) is 1.11. The first-order valence-electron chi connectivity index (χ1n) is 4.85. The molecule has 0 unspecified atom stereocenters. The van der Waals surface area contributed by atoms with Crippen molar-refractivity contribution in [3.63, 3.8) is 0 Å². The van der Waals surface area contributed by atoms with Gasteiger partial charge < -0.3 is 10.0 Å². The molecule has 0 aliphatic rings. The summed E-state index contributed by atoms with van der Waals surface area (Å²) in [6, 6.07) is -0.323. The Labute approximate surface area is 101 Å². The second kappa shape index (κ2) is 6.73. The van der Waals surface area contributed by atoms with Gasteiger partial charge in [-0.3, -0.25) is 9.59 Å². The van der Waals surface area contributed by atoms with Crippen molar-refractivity contribution >= 4 is 23.6 Å². The van der Waals surface area contributed by atoms with Crippen LogP contribution in [0.4, 0.5) is 13.2 Å². The standard InChI is InChI=1S/C9H14F3NO3S/c1-6(2)13(4-3-8(15)16)7(14)5-17-9(10,11)12/h6H,3-5H2,1-2H3,(H,15,16). The van der Waals surface area contributed by atoms with Gasteiger partial charge in [-0.2, -0.15) is 13.2 Å². The van der Waals surface area contributed by atoms with Crippen LogP contribution in [0.25, 0.3) is 0 Å². The largest absolute Gasteiger partial charge is 0.481 e. The number of nitrogens with zero attached hydrogens (tertiary/aromatic N) is 1. The van der Waals surface area contributed by atoms with Gasteiger partial charge in [0.25, 0.3) is 0 Å². The van der Waals surface area contributed by atoms with Crippen molar-refractivity contribution in [1.82, 2.24) is 4.90 Å². The van der Waals surface area contributed by atoms with Gasteiger partial charge in [-0.05, 0) is 25.6 Å². The van der Waals surface area contributed by atoms with Crippen LogP contribution in [0.15, 0.2) is 0 Å². The number of rotatable bonds is 6. The van der Waals surface area contributed by atoms with Crippen LogP contribution >= 0.6 is 11.8 Å². The molecule has 0 aromatic heterocycles. The van der Waals surface area contributed by atoms with Crippen LogP contribution in [-0.4, -0.2) is 45.7 Å². The van der Waals surface area contributed by atoms with E-state index in [9.17, 15) is 22.8 Å². The molecule has 17 heavy (non-hydrogen) atoms. The van der Waals surface area contributed by atoms with Crippen LogP contribution in [0.2, 0.25) is 0 Å². The molecule has 0 heterocycles. The van der Waals surface area contributed by atoms with E-state index in [0.717, 1.165) is 4.90 Å². The quantitative estimate of drug-likeness (QED) is 0.803. The van der Waals surface area contributed by atoms with Crippen molar-refractivity contribution in [2.45, 2.75) is 31.8 Å². The second-order valence-corrected chi connectivity index (χ2v) is 4.60. The van der Waals surface area contributed by atoms with Crippen molar-refractivity contribution in [2.24, 2.45) is 0 Å². The Morgan fingerprint density at radius 1 is 1.35 bits per heavy atom. The van der Waals surface area contributed by atoms with Crippen molar-refractivity contribution in [3.05, 3.63) is 0 Å². The maximum Gasteiger partial charge on any atom is 0.442 e. The predicted octanol–water partition coefficient (Wildman–Crippen LogP) is 1.95. The summed E-state index contributed by atoms with van der Waals surface area (Å²) >= 11 is -0.417. The van der Waals surface area contributed by atoms with Crippen LogP contribution in [-0.2, 0) is 9.59 Å². The molecule has 0 fully saturated rings. The zero-order chi connectivity index (χ0) is 13.6. The molecule has 0 atom stereocenters. The maximum absolute atomic E-state index is 11.9. The van der Waals surface area contributed by atoms with Gasteiger partial charge >= 0.3 is 11.5 Å². The zero-order valence-electron chi connectivity index (χ0n) is 9.45. The van der Waals surface area contributed by atoms with E-state index in [4.69, 9.17) is 5.11 Å². The van der Waals surface area contributed by atoms with Crippen molar-refractivity contribution < 1.29 is 27.9 Å². The van der Waals surface area contributed by atoms with E-state index >= 15 is 0 Å². The highest BCUT2D eigenvalue weighted by atomic mass is 32.2. The number of aliphatic carboxylic acids is 1. The number of amides is 1. The SMILES string of the molecule is CC(C)N(CCC(=O)O)C(=O)CSC(F)(F)F. The van der Waals surface area contributed by atoms with E-state index in [2.05, 4.69) is 0 Å². The number of hydrogen-bond donors (Lipinski definition) is 1. The minimum absolute atomic E-state index is 0.0791. The Morgan fingerprint density at radius 3 is 2.24 bits per heavy atom. The summed E-state index contributed by atoms with van der Waals surface area (Å²) in [4.78, 5) is 22.9. The van der Waals surface area contributed by atoms with Crippen molar-refractivity contribution in [3.8, 4) is 0 Å². The fourth-order valence-corrected chi connectivity index (χ4v) is 1.57. The van der Waals surface area contributed by atoms with Gasteiger partial charge in [-0.25, -0.2) is 0 Å². The highest BCUT2D eigenvalue weighted by Gasteiger charge is 2.30. The lowest BCUT2D eigenvalue weighted by atomic mass is 10.3. The number of carboxylic acid groups (broad SMARTS) is 1. The Kier molecular flexibility index (Phi) is 6.36. The molecular formula is C9H14F3NO3S. The number of carbonyl (C=O) groups is 2. The lowest BCUT2D eigenvalue weighted by Gasteiger charge is -2.26. The molecule has 1 N–H and O–H groups in total. The summed E-state index contributed by atoms with van der Waals surface area (Å²) in [5.74, 6) is -2.52. The highest BCUT2D eigenvalue weighted by Crippen LogP contribution is 2.30. The third kappa shape index (κ3) is 7.89. The lowest BCUT2D eigenvalue weighted by molar-refractivity contribution is -0.138. The van der Waals surface area contributed by atoms with Gasteiger partial charge in [-0.15, -0.1) is 0 Å². The number of carbonyl (C=O) groups excluding carboxylic acids is 1. The molecule has 0 rings (SSSR count). The average molecular weight is 273 g/mol. The van der Waals surface area contributed by atoms with Gasteiger partial charge in [0, 0.05) is 12.6 Å². The van der Waals surface area contributed by atoms with Crippen LogP contribution in [0.3, 0.4) is 0 Å². The van der Waals surface area contributed by atoms with Gasteiger partial charge in [0.1, 0.15) is 0 Å². The first-order chi connectivity index (χ1) is 7.63. The molecule has 0 bridgehead atoms. The van der Waals surface area contributed by atoms with Crippen LogP contribution in [0.5, 0.6) is 0 Å². The van der Waals surface area contributed by atoms with E-state index in [0.29, 0.717) is 0 Å². The second-order valence-electron chi connectivity index (χ2n) is 3.56. The Morgan fingerprint density at radius 2 is 1.88 bits per heavy atom. The number of thioether (sulfide) groups is 1. The van der Waals surface area contributed by atoms with Crippen LogP contribution < -0.4 is 0 Å².